The van der Waals surface area contributed by atoms with Crippen LogP contribution < -0.4 is 5.32 Å². The lowest BCUT2D eigenvalue weighted by Gasteiger charge is -2.06. The summed E-state index contributed by atoms with van der Waals surface area (Å²) in [5.41, 5.74) is 1.76. The first-order valence-corrected chi connectivity index (χ1v) is 6.01. The number of nitrogens with one attached hydrogen (secondary N) is 1. The molecule has 0 amide bonds. The summed E-state index contributed by atoms with van der Waals surface area (Å²) in [6, 6.07) is 9.52. The van der Waals surface area contributed by atoms with Crippen molar-refractivity contribution in [3.63, 3.8) is 0 Å². The summed E-state index contributed by atoms with van der Waals surface area (Å²) in [4.78, 5) is 8.60. The first-order chi connectivity index (χ1) is 8.31. The van der Waals surface area contributed by atoms with Crippen molar-refractivity contribution in [2.45, 2.75) is 13.3 Å². The number of benzene rings is 1. The number of hydrogen-bond donors (Lipinski definition) is 1. The quantitative estimate of drug-likeness (QED) is 0.897. The van der Waals surface area contributed by atoms with Gasteiger partial charge in [-0.3, -0.25) is 0 Å². The Bertz CT molecular complexity index is 500. The third-order valence-corrected chi connectivity index (χ3v) is 2.67. The van der Waals surface area contributed by atoms with E-state index in [-0.39, 0.29) is 0 Å². The molecule has 0 spiro atoms. The van der Waals surface area contributed by atoms with Gasteiger partial charge in [0.2, 0.25) is 5.95 Å². The molecule has 0 saturated carbocycles. The standard InChI is InChI=1S/C13H14ClN3/c1-2-8-15-13-16-9-7-12(17-13)10-5-3-4-6-11(10)14/h3-7,9H,2,8H2,1H3,(H,15,16,17). The van der Waals surface area contributed by atoms with Gasteiger partial charge >= 0.3 is 0 Å². The first-order valence-electron chi connectivity index (χ1n) is 5.63. The summed E-state index contributed by atoms with van der Waals surface area (Å²) in [5.74, 6) is 0.643. The van der Waals surface area contributed by atoms with Crippen LogP contribution in [0.15, 0.2) is 36.5 Å². The molecule has 1 aromatic heterocycles. The Hall–Kier alpha value is -1.61. The molecule has 0 atom stereocenters. The molecule has 1 aromatic carbocycles. The molecule has 1 heterocycles. The van der Waals surface area contributed by atoms with Gasteiger partial charge in [0.05, 0.1) is 5.69 Å². The predicted molar refractivity (Wildman–Crippen MR) is 71.3 cm³/mol. The molecule has 4 heteroatoms. The van der Waals surface area contributed by atoms with Crippen molar-refractivity contribution in [1.82, 2.24) is 9.97 Å². The fourth-order valence-electron chi connectivity index (χ4n) is 1.50. The van der Waals surface area contributed by atoms with Crippen LogP contribution in [0.5, 0.6) is 0 Å². The van der Waals surface area contributed by atoms with E-state index in [0.29, 0.717) is 11.0 Å². The number of rotatable bonds is 4. The van der Waals surface area contributed by atoms with Gasteiger partial charge in [-0.15, -0.1) is 0 Å². The monoisotopic (exact) mass is 247 g/mol. The normalized spacial score (nSPS) is 10.2. The van der Waals surface area contributed by atoms with Gasteiger partial charge in [0, 0.05) is 23.3 Å². The Kier molecular flexibility index (Phi) is 3.94. The van der Waals surface area contributed by atoms with Gasteiger partial charge in [0.15, 0.2) is 0 Å². The van der Waals surface area contributed by atoms with Crippen molar-refractivity contribution in [2.24, 2.45) is 0 Å². The lowest BCUT2D eigenvalue weighted by Crippen LogP contribution is -2.04. The summed E-state index contributed by atoms with van der Waals surface area (Å²) in [7, 11) is 0. The molecule has 1 N–H and O–H groups in total. The van der Waals surface area contributed by atoms with Crippen molar-refractivity contribution in [3.8, 4) is 11.3 Å². The molecule has 0 fully saturated rings. The summed E-state index contributed by atoms with van der Waals surface area (Å²) >= 11 is 6.13. The van der Waals surface area contributed by atoms with Crippen LogP contribution in [0.4, 0.5) is 5.95 Å². The van der Waals surface area contributed by atoms with E-state index >= 15 is 0 Å². The van der Waals surface area contributed by atoms with E-state index in [2.05, 4.69) is 22.2 Å². The highest BCUT2D eigenvalue weighted by molar-refractivity contribution is 6.33. The minimum absolute atomic E-state index is 0.643. The molecule has 0 unspecified atom stereocenters. The van der Waals surface area contributed by atoms with Crippen LogP contribution in [0.3, 0.4) is 0 Å². The van der Waals surface area contributed by atoms with Crippen LogP contribution in [0.25, 0.3) is 11.3 Å². The highest BCUT2D eigenvalue weighted by Crippen LogP contribution is 2.25. The molecule has 3 nitrogen and oxygen atoms in total. The smallest absolute Gasteiger partial charge is 0.223 e. The van der Waals surface area contributed by atoms with E-state index in [1.807, 2.05) is 30.3 Å². The summed E-state index contributed by atoms with van der Waals surface area (Å²) in [5, 5.41) is 3.86. The minimum Gasteiger partial charge on any atom is -0.354 e. The molecular formula is C13H14ClN3. The molecule has 0 aliphatic carbocycles. The topological polar surface area (TPSA) is 37.8 Å². The van der Waals surface area contributed by atoms with Crippen molar-refractivity contribution in [2.75, 3.05) is 11.9 Å². The number of hydrogen-bond acceptors (Lipinski definition) is 3. The molecule has 88 valence electrons. The molecule has 2 rings (SSSR count). The number of halogens is 1. The fraction of sp³-hybridized carbons (Fsp3) is 0.231. The molecule has 0 radical (unpaired) electrons. The van der Waals surface area contributed by atoms with E-state index < -0.39 is 0 Å². The second-order valence-electron chi connectivity index (χ2n) is 3.67. The van der Waals surface area contributed by atoms with E-state index in [1.165, 1.54) is 0 Å². The summed E-state index contributed by atoms with van der Waals surface area (Å²) in [6.45, 7) is 2.97. The van der Waals surface area contributed by atoms with Crippen LogP contribution in [0, 0.1) is 0 Å². The second-order valence-corrected chi connectivity index (χ2v) is 4.08. The maximum absolute atomic E-state index is 6.13. The molecule has 2 aromatic rings. The zero-order chi connectivity index (χ0) is 12.1. The van der Waals surface area contributed by atoms with Crippen LogP contribution in [-0.2, 0) is 0 Å². The van der Waals surface area contributed by atoms with Crippen LogP contribution >= 0.6 is 11.6 Å². The molecule has 0 aliphatic heterocycles. The van der Waals surface area contributed by atoms with Crippen LogP contribution in [0.2, 0.25) is 5.02 Å². The minimum atomic E-state index is 0.643. The van der Waals surface area contributed by atoms with Gasteiger partial charge in [-0.1, -0.05) is 36.7 Å². The van der Waals surface area contributed by atoms with Crippen molar-refractivity contribution < 1.29 is 0 Å². The largest absolute Gasteiger partial charge is 0.354 e. The Morgan fingerprint density at radius 2 is 2.06 bits per heavy atom. The Labute approximate surface area is 106 Å². The average Bonchev–Trinajstić information content (AvgIpc) is 2.37. The Morgan fingerprint density at radius 1 is 1.24 bits per heavy atom. The van der Waals surface area contributed by atoms with Gasteiger partial charge < -0.3 is 5.32 Å². The zero-order valence-corrected chi connectivity index (χ0v) is 10.4. The molecule has 0 bridgehead atoms. The van der Waals surface area contributed by atoms with Gasteiger partial charge in [0.1, 0.15) is 0 Å². The number of aromatic nitrogens is 2. The van der Waals surface area contributed by atoms with Crippen molar-refractivity contribution >= 4 is 17.5 Å². The summed E-state index contributed by atoms with van der Waals surface area (Å²) < 4.78 is 0. The third-order valence-electron chi connectivity index (χ3n) is 2.34. The zero-order valence-electron chi connectivity index (χ0n) is 9.65. The molecule has 17 heavy (non-hydrogen) atoms. The first kappa shape index (κ1) is 11.9. The van der Waals surface area contributed by atoms with Crippen molar-refractivity contribution in [3.05, 3.63) is 41.6 Å². The van der Waals surface area contributed by atoms with Crippen molar-refractivity contribution in [1.29, 1.82) is 0 Å². The van der Waals surface area contributed by atoms with E-state index in [9.17, 15) is 0 Å². The predicted octanol–water partition coefficient (Wildman–Crippen LogP) is 3.62. The van der Waals surface area contributed by atoms with E-state index in [0.717, 1.165) is 24.2 Å². The SMILES string of the molecule is CCCNc1nccc(-c2ccccc2Cl)n1. The van der Waals surface area contributed by atoms with Gasteiger partial charge in [-0.2, -0.15) is 0 Å². The highest BCUT2D eigenvalue weighted by Gasteiger charge is 2.05. The van der Waals surface area contributed by atoms with E-state index in [4.69, 9.17) is 11.6 Å². The Balaban J connectivity index is 2.30. The summed E-state index contributed by atoms with van der Waals surface area (Å²) in [6.07, 6.45) is 2.78. The maximum Gasteiger partial charge on any atom is 0.223 e. The molecule has 0 saturated heterocycles. The van der Waals surface area contributed by atoms with Crippen LogP contribution in [-0.4, -0.2) is 16.5 Å². The lowest BCUT2D eigenvalue weighted by molar-refractivity contribution is 0.953. The number of anilines is 1. The molecule has 0 aliphatic rings. The van der Waals surface area contributed by atoms with Crippen LogP contribution in [0.1, 0.15) is 13.3 Å². The number of nitrogens with zero attached hydrogens (tertiary/aromatic N) is 2. The Morgan fingerprint density at radius 3 is 2.82 bits per heavy atom. The van der Waals surface area contributed by atoms with Gasteiger partial charge in [0.25, 0.3) is 0 Å². The van der Waals surface area contributed by atoms with E-state index in [1.54, 1.807) is 6.20 Å². The second kappa shape index (κ2) is 5.64. The highest BCUT2D eigenvalue weighted by atomic mass is 35.5. The maximum atomic E-state index is 6.13. The lowest BCUT2D eigenvalue weighted by atomic mass is 10.1. The van der Waals surface area contributed by atoms with Gasteiger partial charge in [-0.05, 0) is 18.6 Å². The fourth-order valence-corrected chi connectivity index (χ4v) is 1.73. The average molecular weight is 248 g/mol. The molecular weight excluding hydrogens is 234 g/mol. The van der Waals surface area contributed by atoms with Gasteiger partial charge in [-0.25, -0.2) is 9.97 Å². The third kappa shape index (κ3) is 2.94.